The molecule has 4 heterocycles. The van der Waals surface area contributed by atoms with Gasteiger partial charge in [0.2, 0.25) is 5.91 Å². The quantitative estimate of drug-likeness (QED) is 0.151. The maximum atomic E-state index is 15.3. The molecule has 2 amide bonds. The number of aryl methyl sites for hydroxylation is 1. The molecular weight excluding hydrogens is 691 g/mol. The molecule has 0 aliphatic carbocycles. The number of anilines is 2. The third-order valence-electron chi connectivity index (χ3n) is 12.2. The normalized spacial score (nSPS) is 23.0. The highest BCUT2D eigenvalue weighted by Gasteiger charge is 2.66. The predicted molar refractivity (Wildman–Crippen MR) is 211 cm³/mol. The Hall–Kier alpha value is -5.32. The Balaban J connectivity index is 1.19. The summed E-state index contributed by atoms with van der Waals surface area (Å²) in [5, 5.41) is 19.8. The molecule has 55 heavy (non-hydrogen) atoms. The first-order valence-electron chi connectivity index (χ1n) is 19.4. The number of aromatic nitrogens is 3. The fourth-order valence-corrected chi connectivity index (χ4v) is 9.35. The first kappa shape index (κ1) is 36.6. The van der Waals surface area contributed by atoms with Crippen LogP contribution in [0.1, 0.15) is 80.5 Å². The Labute approximate surface area is 322 Å². The summed E-state index contributed by atoms with van der Waals surface area (Å²) in [6, 6.07) is 33.7. The van der Waals surface area contributed by atoms with E-state index in [1.165, 1.54) is 0 Å². The van der Waals surface area contributed by atoms with Crippen molar-refractivity contribution in [3.8, 4) is 5.75 Å². The Bertz CT molecular complexity index is 2150. The maximum Gasteiger partial charge on any atom is 0.264 e. The summed E-state index contributed by atoms with van der Waals surface area (Å²) in [6.45, 7) is 8.15. The van der Waals surface area contributed by atoms with Gasteiger partial charge in [0.15, 0.2) is 5.60 Å². The highest BCUT2D eigenvalue weighted by Crippen LogP contribution is 2.60. The molecule has 1 spiro atoms. The summed E-state index contributed by atoms with van der Waals surface area (Å²) in [5.74, 6) is 0.409. The van der Waals surface area contributed by atoms with E-state index in [0.717, 1.165) is 52.2 Å². The van der Waals surface area contributed by atoms with E-state index in [1.807, 2.05) is 101 Å². The second kappa shape index (κ2) is 14.7. The third-order valence-corrected chi connectivity index (χ3v) is 12.2. The molecule has 2 saturated heterocycles. The lowest BCUT2D eigenvalue weighted by Gasteiger charge is -2.39. The van der Waals surface area contributed by atoms with E-state index in [-0.39, 0.29) is 29.8 Å². The van der Waals surface area contributed by atoms with Gasteiger partial charge in [-0.25, -0.2) is 0 Å². The van der Waals surface area contributed by atoms with Crippen LogP contribution in [-0.2, 0) is 38.4 Å². The van der Waals surface area contributed by atoms with Gasteiger partial charge in [-0.05, 0) is 71.7 Å². The Kier molecular flexibility index (Phi) is 9.81. The number of aliphatic hydroxyl groups excluding tert-OH is 1. The van der Waals surface area contributed by atoms with Crippen LogP contribution in [0.4, 0.5) is 11.4 Å². The number of carbonyl (C=O) groups excluding carboxylic acids is 2. The van der Waals surface area contributed by atoms with E-state index in [2.05, 4.69) is 43.2 Å². The Morgan fingerprint density at radius 3 is 2.40 bits per heavy atom. The summed E-state index contributed by atoms with van der Waals surface area (Å²) in [5.41, 5.74) is 4.03. The maximum absolute atomic E-state index is 15.3. The molecule has 1 N–H and O–H groups in total. The van der Waals surface area contributed by atoms with Crippen molar-refractivity contribution in [1.82, 2.24) is 15.0 Å². The number of benzene rings is 4. The molecule has 3 aliphatic rings. The number of nitrogens with zero attached hydrogens (tertiary/aromatic N) is 5. The molecule has 284 valence electrons. The second-order valence-corrected chi connectivity index (χ2v) is 15.7. The number of carbonyl (C=O) groups is 2. The Morgan fingerprint density at radius 1 is 0.964 bits per heavy atom. The second-order valence-electron chi connectivity index (χ2n) is 15.7. The number of methoxy groups -OCH3 is 1. The summed E-state index contributed by atoms with van der Waals surface area (Å²) in [7, 11) is 1.66. The van der Waals surface area contributed by atoms with E-state index in [4.69, 9.17) is 9.47 Å². The van der Waals surface area contributed by atoms with Crippen LogP contribution in [0.15, 0.2) is 109 Å². The third kappa shape index (κ3) is 6.51. The number of aliphatic hydroxyl groups is 1. The van der Waals surface area contributed by atoms with Crippen LogP contribution in [0.5, 0.6) is 5.75 Å². The van der Waals surface area contributed by atoms with Crippen LogP contribution in [0.3, 0.4) is 0 Å². The topological polar surface area (TPSA) is 110 Å². The highest BCUT2D eigenvalue weighted by atomic mass is 16.5. The average Bonchev–Trinajstić information content (AvgIpc) is 3.88. The minimum Gasteiger partial charge on any atom is -0.497 e. The van der Waals surface area contributed by atoms with Crippen molar-refractivity contribution in [3.63, 3.8) is 0 Å². The molecule has 0 radical (unpaired) electrons. The van der Waals surface area contributed by atoms with Crippen molar-refractivity contribution < 1.29 is 24.2 Å². The van der Waals surface area contributed by atoms with E-state index in [9.17, 15) is 9.90 Å². The SMILES string of the molecule is COc1ccc(C(C)(C)[C@H]2[C@H](CCn3cc([C@H](O)c4ccccc4)nn3)O[C@@]3(C(=O)N(Cc4ccccc4)c4ccc(N5CCCCC5=O)cc43)[C@@H]2C)cc1. The summed E-state index contributed by atoms with van der Waals surface area (Å²) in [4.78, 5) is 32.3. The van der Waals surface area contributed by atoms with Crippen LogP contribution in [0.25, 0.3) is 0 Å². The van der Waals surface area contributed by atoms with Crippen molar-refractivity contribution in [2.75, 3.05) is 23.5 Å². The van der Waals surface area contributed by atoms with E-state index in [0.29, 0.717) is 38.2 Å². The predicted octanol–water partition coefficient (Wildman–Crippen LogP) is 7.35. The smallest absolute Gasteiger partial charge is 0.264 e. The lowest BCUT2D eigenvalue weighted by Crippen LogP contribution is -2.45. The van der Waals surface area contributed by atoms with Gasteiger partial charge < -0.3 is 24.4 Å². The van der Waals surface area contributed by atoms with Gasteiger partial charge in [-0.15, -0.1) is 5.10 Å². The van der Waals surface area contributed by atoms with Crippen LogP contribution >= 0.6 is 0 Å². The number of rotatable bonds is 11. The van der Waals surface area contributed by atoms with Gasteiger partial charge in [0.1, 0.15) is 17.5 Å². The molecule has 1 aromatic heterocycles. The minimum absolute atomic E-state index is 0.0898. The summed E-state index contributed by atoms with van der Waals surface area (Å²) in [6.07, 6.45) is 3.41. The molecule has 0 saturated carbocycles. The zero-order valence-corrected chi connectivity index (χ0v) is 32.0. The molecule has 0 unspecified atom stereocenters. The van der Waals surface area contributed by atoms with Gasteiger partial charge in [0.05, 0.1) is 31.6 Å². The van der Waals surface area contributed by atoms with E-state index >= 15 is 4.79 Å². The molecule has 0 bridgehead atoms. The van der Waals surface area contributed by atoms with Gasteiger partial charge in [-0.1, -0.05) is 98.8 Å². The fourth-order valence-electron chi connectivity index (χ4n) is 9.35. The lowest BCUT2D eigenvalue weighted by atomic mass is 9.63. The lowest BCUT2D eigenvalue weighted by molar-refractivity contribution is -0.146. The molecular formula is C45H49N5O5. The Morgan fingerprint density at radius 2 is 1.69 bits per heavy atom. The first-order valence-corrected chi connectivity index (χ1v) is 19.4. The molecule has 10 nitrogen and oxygen atoms in total. The van der Waals surface area contributed by atoms with Gasteiger partial charge in [-0.3, -0.25) is 14.3 Å². The van der Waals surface area contributed by atoms with E-state index < -0.39 is 17.1 Å². The zero-order valence-electron chi connectivity index (χ0n) is 32.0. The van der Waals surface area contributed by atoms with Gasteiger partial charge in [0.25, 0.3) is 5.91 Å². The van der Waals surface area contributed by atoms with Gasteiger partial charge >= 0.3 is 0 Å². The van der Waals surface area contributed by atoms with Gasteiger partial charge in [0, 0.05) is 42.6 Å². The van der Waals surface area contributed by atoms with Crippen LogP contribution in [0.2, 0.25) is 0 Å². The summed E-state index contributed by atoms with van der Waals surface area (Å²) < 4.78 is 14.6. The fraction of sp³-hybridized carbons (Fsp3) is 0.378. The average molecular weight is 740 g/mol. The van der Waals surface area contributed by atoms with Crippen molar-refractivity contribution in [3.05, 3.63) is 137 Å². The monoisotopic (exact) mass is 739 g/mol. The molecule has 2 fully saturated rings. The molecule has 8 rings (SSSR count). The highest BCUT2D eigenvalue weighted by molar-refractivity contribution is 6.08. The van der Waals surface area contributed by atoms with Crippen molar-refractivity contribution in [2.24, 2.45) is 11.8 Å². The molecule has 10 heteroatoms. The van der Waals surface area contributed by atoms with Crippen LogP contribution in [0, 0.1) is 11.8 Å². The largest absolute Gasteiger partial charge is 0.497 e. The molecule has 5 aromatic rings. The number of piperidine rings is 1. The number of fused-ring (bicyclic) bond motifs is 2. The first-order chi connectivity index (χ1) is 26.6. The van der Waals surface area contributed by atoms with Gasteiger partial charge in [-0.2, -0.15) is 0 Å². The van der Waals surface area contributed by atoms with E-state index in [1.54, 1.807) is 18.0 Å². The summed E-state index contributed by atoms with van der Waals surface area (Å²) >= 11 is 0. The molecule has 3 aliphatic heterocycles. The zero-order chi connectivity index (χ0) is 38.3. The van der Waals surface area contributed by atoms with Crippen molar-refractivity contribution >= 4 is 23.2 Å². The number of amides is 2. The number of hydrogen-bond acceptors (Lipinski definition) is 7. The van der Waals surface area contributed by atoms with Crippen LogP contribution < -0.4 is 14.5 Å². The number of hydrogen-bond donors (Lipinski definition) is 1. The minimum atomic E-state index is -1.30. The standard InChI is InChI=1S/C45H49N5O5/c1-30-41(44(2,3)33-18-21-35(54-4)22-19-33)39(24-26-48-29-37(46-47-48)42(52)32-15-9-6-10-16-32)55-45(30)36-27-34(49-25-12-11-17-40(49)51)20-23-38(36)50(43(45)53)28-31-13-7-5-8-14-31/h5-10,13-16,18-23,27,29-30,39,41-42,52H,11-12,17,24-26,28H2,1-4H3/t30-,39+,41-,42-,45+/m1/s1. The molecule has 5 atom stereocenters. The van der Waals surface area contributed by atoms with Crippen LogP contribution in [-0.4, -0.2) is 51.7 Å². The number of ether oxygens (including phenoxy) is 2. The van der Waals surface area contributed by atoms with Crippen molar-refractivity contribution in [1.29, 1.82) is 0 Å². The molecule has 4 aromatic carbocycles. The van der Waals surface area contributed by atoms with Crippen molar-refractivity contribution in [2.45, 2.75) is 82.8 Å².